The van der Waals surface area contributed by atoms with Crippen LogP contribution < -0.4 is 5.32 Å². The summed E-state index contributed by atoms with van der Waals surface area (Å²) in [4.78, 5) is 8.16. The maximum atomic E-state index is 12.9. The van der Waals surface area contributed by atoms with Crippen LogP contribution in [0.4, 0.5) is 13.2 Å². The molecule has 2 heterocycles. The highest BCUT2D eigenvalue weighted by Gasteiger charge is 2.41. The average molecular weight is 522 g/mol. The van der Waals surface area contributed by atoms with Gasteiger partial charge in [0.25, 0.3) is 0 Å². The third-order valence-corrected chi connectivity index (χ3v) is 5.06. The van der Waals surface area contributed by atoms with Gasteiger partial charge in [0.15, 0.2) is 5.96 Å². The summed E-state index contributed by atoms with van der Waals surface area (Å²) < 4.78 is 49.8. The van der Waals surface area contributed by atoms with Crippen LogP contribution in [-0.4, -0.2) is 93.2 Å². The van der Waals surface area contributed by atoms with Crippen molar-refractivity contribution in [1.29, 1.82) is 0 Å². The number of alkyl halides is 3. The van der Waals surface area contributed by atoms with Gasteiger partial charge < -0.3 is 19.7 Å². The molecule has 1 atom stereocenters. The summed E-state index contributed by atoms with van der Waals surface area (Å²) in [7, 11) is 0. The number of nitrogens with zero attached hydrogens (tertiary/aromatic N) is 3. The number of nitrogens with one attached hydrogen (secondary N) is 1. The highest BCUT2D eigenvalue weighted by molar-refractivity contribution is 14.0. The van der Waals surface area contributed by atoms with Gasteiger partial charge in [0, 0.05) is 59.1 Å². The highest BCUT2D eigenvalue weighted by atomic mass is 127. The van der Waals surface area contributed by atoms with Gasteiger partial charge in [-0.3, -0.25) is 9.89 Å². The van der Waals surface area contributed by atoms with Gasteiger partial charge in [0.2, 0.25) is 0 Å². The number of piperazine rings is 1. The molecule has 0 aromatic rings. The molecule has 0 aliphatic carbocycles. The zero-order valence-corrected chi connectivity index (χ0v) is 19.2. The Balaban J connectivity index is 0.00000392. The van der Waals surface area contributed by atoms with E-state index in [2.05, 4.69) is 10.3 Å². The molecule has 0 aromatic heterocycles. The molecule has 10 heteroatoms. The standard InChI is InChI=1S/C18H33F3N4O2.HI/c1-3-22-17(23-7-4-12-27-16-5-13-26-14-6-16)25-10-8-24(9-11-25)15(2)18(19,20)21;/h15-16H,3-14H2,1-2H3,(H,22,23);1H. The van der Waals surface area contributed by atoms with E-state index in [1.165, 1.54) is 11.8 Å². The second kappa shape index (κ2) is 13.1. The molecule has 0 amide bonds. The Bertz CT molecular complexity index is 455. The Hall–Kier alpha value is -0.330. The maximum Gasteiger partial charge on any atom is 0.403 e. The highest BCUT2D eigenvalue weighted by Crippen LogP contribution is 2.25. The van der Waals surface area contributed by atoms with Gasteiger partial charge in [-0.25, -0.2) is 0 Å². The summed E-state index contributed by atoms with van der Waals surface area (Å²) in [5, 5.41) is 3.24. The smallest absolute Gasteiger partial charge is 0.381 e. The van der Waals surface area contributed by atoms with Crippen molar-refractivity contribution < 1.29 is 22.6 Å². The first-order chi connectivity index (χ1) is 12.9. The van der Waals surface area contributed by atoms with Gasteiger partial charge in [0.1, 0.15) is 6.04 Å². The lowest BCUT2D eigenvalue weighted by molar-refractivity contribution is -0.181. The molecule has 2 aliphatic rings. The van der Waals surface area contributed by atoms with Crippen molar-refractivity contribution >= 4 is 29.9 Å². The molecule has 2 saturated heterocycles. The molecule has 1 unspecified atom stereocenters. The molecule has 2 rings (SSSR count). The van der Waals surface area contributed by atoms with Crippen LogP contribution in [-0.2, 0) is 9.47 Å². The van der Waals surface area contributed by atoms with E-state index in [4.69, 9.17) is 9.47 Å². The van der Waals surface area contributed by atoms with Gasteiger partial charge in [-0.15, -0.1) is 24.0 Å². The molecule has 166 valence electrons. The monoisotopic (exact) mass is 522 g/mol. The van der Waals surface area contributed by atoms with Crippen molar-refractivity contribution in [1.82, 2.24) is 15.1 Å². The molecule has 1 N–H and O–H groups in total. The maximum absolute atomic E-state index is 12.9. The van der Waals surface area contributed by atoms with E-state index >= 15 is 0 Å². The largest absolute Gasteiger partial charge is 0.403 e. The fraction of sp³-hybridized carbons (Fsp3) is 0.944. The van der Waals surface area contributed by atoms with Crippen LogP contribution in [0.3, 0.4) is 0 Å². The number of guanidine groups is 1. The molecule has 0 saturated carbocycles. The van der Waals surface area contributed by atoms with Gasteiger partial charge in [-0.1, -0.05) is 0 Å². The topological polar surface area (TPSA) is 49.3 Å². The molecule has 2 aliphatic heterocycles. The van der Waals surface area contributed by atoms with Gasteiger partial charge in [0.05, 0.1) is 6.10 Å². The Morgan fingerprint density at radius 2 is 1.86 bits per heavy atom. The SMILES string of the molecule is CCNC(=NCCCOC1CCOCC1)N1CCN(C(C)C(F)(F)F)CC1.I. The lowest BCUT2D eigenvalue weighted by Crippen LogP contribution is -2.56. The first-order valence-corrected chi connectivity index (χ1v) is 9.95. The summed E-state index contributed by atoms with van der Waals surface area (Å²) in [6.07, 6.45) is -1.15. The normalized spacial score (nSPS) is 21.3. The van der Waals surface area contributed by atoms with Crippen LogP contribution in [0.2, 0.25) is 0 Å². The Morgan fingerprint density at radius 3 is 2.43 bits per heavy atom. The van der Waals surface area contributed by atoms with Crippen molar-refractivity contribution in [3.63, 3.8) is 0 Å². The second-order valence-electron chi connectivity index (χ2n) is 7.01. The van der Waals surface area contributed by atoms with Crippen molar-refractivity contribution in [2.75, 3.05) is 59.1 Å². The van der Waals surface area contributed by atoms with E-state index in [1.807, 2.05) is 11.8 Å². The molecule has 2 fully saturated rings. The zero-order chi connectivity index (χ0) is 19.7. The first kappa shape index (κ1) is 25.7. The van der Waals surface area contributed by atoms with Crippen molar-refractivity contribution in [2.45, 2.75) is 51.4 Å². The number of aliphatic imine (C=N–C) groups is 1. The van der Waals surface area contributed by atoms with E-state index in [1.54, 1.807) is 0 Å². The summed E-state index contributed by atoms with van der Waals surface area (Å²) in [5.74, 6) is 0.780. The van der Waals surface area contributed by atoms with Crippen LogP contribution in [0.25, 0.3) is 0 Å². The number of ether oxygens (including phenoxy) is 2. The zero-order valence-electron chi connectivity index (χ0n) is 16.8. The Kier molecular flexibility index (Phi) is 12.0. The summed E-state index contributed by atoms with van der Waals surface area (Å²) in [6.45, 7) is 8.68. The minimum atomic E-state index is -4.18. The Morgan fingerprint density at radius 1 is 1.21 bits per heavy atom. The summed E-state index contributed by atoms with van der Waals surface area (Å²) >= 11 is 0. The molecule has 0 aromatic carbocycles. The second-order valence-corrected chi connectivity index (χ2v) is 7.01. The van der Waals surface area contributed by atoms with Crippen LogP contribution in [0.5, 0.6) is 0 Å². The van der Waals surface area contributed by atoms with Crippen molar-refractivity contribution in [2.24, 2.45) is 4.99 Å². The molecular formula is C18H34F3IN4O2. The average Bonchev–Trinajstić information content (AvgIpc) is 2.66. The molecule has 6 nitrogen and oxygen atoms in total. The van der Waals surface area contributed by atoms with Gasteiger partial charge >= 0.3 is 6.18 Å². The van der Waals surface area contributed by atoms with Crippen LogP contribution in [0.15, 0.2) is 4.99 Å². The minimum Gasteiger partial charge on any atom is -0.381 e. The predicted molar refractivity (Wildman–Crippen MR) is 114 cm³/mol. The predicted octanol–water partition coefficient (Wildman–Crippen LogP) is 2.72. The lowest BCUT2D eigenvalue weighted by atomic mass is 10.1. The van der Waals surface area contributed by atoms with E-state index in [0.29, 0.717) is 45.4 Å². The first-order valence-electron chi connectivity index (χ1n) is 9.95. The molecular weight excluding hydrogens is 488 g/mol. The molecule has 28 heavy (non-hydrogen) atoms. The van der Waals surface area contributed by atoms with Gasteiger partial charge in [-0.2, -0.15) is 13.2 Å². The third-order valence-electron chi connectivity index (χ3n) is 5.06. The molecule has 0 bridgehead atoms. The van der Waals surface area contributed by atoms with Crippen molar-refractivity contribution in [3.8, 4) is 0 Å². The summed E-state index contributed by atoms with van der Waals surface area (Å²) in [6, 6.07) is -1.40. The van der Waals surface area contributed by atoms with Crippen LogP contribution >= 0.6 is 24.0 Å². The molecule has 0 radical (unpaired) electrons. The lowest BCUT2D eigenvalue weighted by Gasteiger charge is -2.39. The number of hydrogen-bond donors (Lipinski definition) is 1. The fourth-order valence-corrected chi connectivity index (χ4v) is 3.30. The van der Waals surface area contributed by atoms with E-state index < -0.39 is 12.2 Å². The summed E-state index contributed by atoms with van der Waals surface area (Å²) in [5.41, 5.74) is 0. The van der Waals surface area contributed by atoms with E-state index in [9.17, 15) is 13.2 Å². The van der Waals surface area contributed by atoms with Crippen molar-refractivity contribution in [3.05, 3.63) is 0 Å². The number of hydrogen-bond acceptors (Lipinski definition) is 4. The van der Waals surface area contributed by atoms with Crippen LogP contribution in [0, 0.1) is 0 Å². The van der Waals surface area contributed by atoms with Crippen LogP contribution in [0.1, 0.15) is 33.1 Å². The third kappa shape index (κ3) is 8.58. The van der Waals surface area contributed by atoms with Gasteiger partial charge in [-0.05, 0) is 33.1 Å². The Labute approximate surface area is 183 Å². The molecule has 0 spiro atoms. The minimum absolute atomic E-state index is 0. The number of rotatable bonds is 7. The van der Waals surface area contributed by atoms with E-state index in [0.717, 1.165) is 45.0 Å². The van der Waals surface area contributed by atoms with E-state index in [-0.39, 0.29) is 24.0 Å². The number of halogens is 4. The fourth-order valence-electron chi connectivity index (χ4n) is 3.30. The quantitative estimate of drug-likeness (QED) is 0.241.